The highest BCUT2D eigenvalue weighted by Gasteiger charge is 2.13. The third-order valence-corrected chi connectivity index (χ3v) is 4.34. The van der Waals surface area contributed by atoms with Crippen LogP contribution in [0.1, 0.15) is 23.7 Å². The Balaban J connectivity index is 1.73. The second-order valence-corrected chi connectivity index (χ2v) is 6.52. The van der Waals surface area contributed by atoms with Crippen molar-refractivity contribution in [2.45, 2.75) is 19.9 Å². The van der Waals surface area contributed by atoms with E-state index < -0.39 is 0 Å². The van der Waals surface area contributed by atoms with Crippen LogP contribution in [0.3, 0.4) is 0 Å². The summed E-state index contributed by atoms with van der Waals surface area (Å²) in [7, 11) is 0. The van der Waals surface area contributed by atoms with Gasteiger partial charge < -0.3 is 0 Å². The Morgan fingerprint density at radius 1 is 1.24 bits per heavy atom. The lowest BCUT2D eigenvalue weighted by Crippen LogP contribution is -2.34. The minimum absolute atomic E-state index is 0.119. The molecule has 7 nitrogen and oxygen atoms in total. The number of rotatable bonds is 4. The number of halogens is 1. The predicted octanol–water partition coefficient (Wildman–Crippen LogP) is 3.13. The Morgan fingerprint density at radius 2 is 2.00 bits per heavy atom. The monoisotopic (exact) mass is 418 g/mol. The molecule has 0 aliphatic heterocycles. The van der Waals surface area contributed by atoms with E-state index in [1.807, 2.05) is 37.3 Å². The molecular weight excluding hydrogens is 404 g/mol. The Morgan fingerprint density at radius 3 is 2.80 bits per heavy atom. The van der Waals surface area contributed by atoms with Crippen LogP contribution in [-0.4, -0.2) is 31.2 Å². The van der Waals surface area contributed by atoms with Crippen LogP contribution in [0.15, 0.2) is 40.9 Å². The summed E-state index contributed by atoms with van der Waals surface area (Å²) >= 11 is 8.66. The van der Waals surface area contributed by atoms with Gasteiger partial charge in [0.2, 0.25) is 0 Å². The van der Waals surface area contributed by atoms with Gasteiger partial charge in [-0.3, -0.25) is 15.4 Å². The maximum Gasteiger partial charge on any atom is 0.269 e. The van der Waals surface area contributed by atoms with E-state index in [-0.39, 0.29) is 17.0 Å². The maximum absolute atomic E-state index is 12.6. The molecule has 1 amide bonds. The number of carbonyl (C=O) groups is 1. The van der Waals surface area contributed by atoms with Crippen LogP contribution in [0.25, 0.3) is 10.8 Å². The zero-order chi connectivity index (χ0) is 17.8. The average Bonchev–Trinajstić information content (AvgIpc) is 3.02. The van der Waals surface area contributed by atoms with E-state index in [2.05, 4.69) is 42.0 Å². The van der Waals surface area contributed by atoms with Crippen molar-refractivity contribution in [1.82, 2.24) is 25.5 Å². The fraction of sp³-hybridized carbons (Fsp3) is 0.188. The molecule has 0 atom stereocenters. The molecule has 0 unspecified atom stereocenters. The molecule has 9 heteroatoms. The molecule has 0 spiro atoms. The van der Waals surface area contributed by atoms with Crippen LogP contribution in [0.4, 0.5) is 5.95 Å². The molecule has 25 heavy (non-hydrogen) atoms. The Kier molecular flexibility index (Phi) is 5.34. The van der Waals surface area contributed by atoms with E-state index in [9.17, 15) is 4.79 Å². The van der Waals surface area contributed by atoms with Crippen LogP contribution in [0.5, 0.6) is 0 Å². The fourth-order valence-electron chi connectivity index (χ4n) is 2.36. The van der Waals surface area contributed by atoms with E-state index in [0.29, 0.717) is 12.1 Å². The SMILES string of the molecule is CCCn1nnc(NC(=S)NC(=O)c2cccc3c(Br)cccc23)n1. The molecule has 0 aliphatic rings. The van der Waals surface area contributed by atoms with Gasteiger partial charge in [-0.1, -0.05) is 52.2 Å². The van der Waals surface area contributed by atoms with Crippen molar-refractivity contribution in [2.75, 3.05) is 5.32 Å². The number of aromatic nitrogens is 4. The maximum atomic E-state index is 12.6. The second kappa shape index (κ2) is 7.66. The molecule has 0 fully saturated rings. The van der Waals surface area contributed by atoms with Crippen LogP contribution in [0, 0.1) is 0 Å². The summed E-state index contributed by atoms with van der Waals surface area (Å²) in [5.41, 5.74) is 0.533. The van der Waals surface area contributed by atoms with Crippen molar-refractivity contribution in [3.8, 4) is 0 Å². The second-order valence-electron chi connectivity index (χ2n) is 5.26. The highest BCUT2D eigenvalue weighted by atomic mass is 79.9. The summed E-state index contributed by atoms with van der Waals surface area (Å²) in [5, 5.41) is 19.2. The first-order chi connectivity index (χ1) is 12.1. The van der Waals surface area contributed by atoms with Crippen molar-refractivity contribution in [2.24, 2.45) is 0 Å². The summed E-state index contributed by atoms with van der Waals surface area (Å²) in [6.45, 7) is 2.68. The van der Waals surface area contributed by atoms with Gasteiger partial charge >= 0.3 is 0 Å². The van der Waals surface area contributed by atoms with Crippen LogP contribution in [0.2, 0.25) is 0 Å². The van der Waals surface area contributed by atoms with Gasteiger partial charge in [0.1, 0.15) is 0 Å². The van der Waals surface area contributed by atoms with Crippen molar-refractivity contribution in [3.05, 3.63) is 46.4 Å². The summed E-state index contributed by atoms with van der Waals surface area (Å²) in [6.07, 6.45) is 0.896. The largest absolute Gasteiger partial charge is 0.299 e. The number of nitrogens with zero attached hydrogens (tertiary/aromatic N) is 4. The molecule has 0 saturated carbocycles. The van der Waals surface area contributed by atoms with E-state index in [4.69, 9.17) is 12.2 Å². The van der Waals surface area contributed by atoms with E-state index in [1.54, 1.807) is 6.07 Å². The number of tetrazole rings is 1. The van der Waals surface area contributed by atoms with Gasteiger partial charge in [-0.15, -0.1) is 5.10 Å². The number of thiocarbonyl (C=S) groups is 1. The number of amides is 1. The summed E-state index contributed by atoms with van der Waals surface area (Å²) in [5.74, 6) is -0.0541. The predicted molar refractivity (Wildman–Crippen MR) is 103 cm³/mol. The molecule has 2 N–H and O–H groups in total. The fourth-order valence-corrected chi connectivity index (χ4v) is 3.04. The first-order valence-corrected chi connectivity index (χ1v) is 8.86. The molecular formula is C16H15BrN6OS. The third-order valence-electron chi connectivity index (χ3n) is 3.44. The van der Waals surface area contributed by atoms with Gasteiger partial charge in [-0.05, 0) is 46.8 Å². The van der Waals surface area contributed by atoms with Gasteiger partial charge in [-0.2, -0.15) is 4.80 Å². The first-order valence-electron chi connectivity index (χ1n) is 7.66. The zero-order valence-corrected chi connectivity index (χ0v) is 15.8. The van der Waals surface area contributed by atoms with Crippen molar-refractivity contribution < 1.29 is 4.79 Å². The van der Waals surface area contributed by atoms with Crippen molar-refractivity contribution >= 4 is 55.9 Å². The molecule has 3 aromatic rings. The lowest BCUT2D eigenvalue weighted by atomic mass is 10.0. The summed E-state index contributed by atoms with van der Waals surface area (Å²) in [4.78, 5) is 14.0. The Hall–Kier alpha value is -2.39. The zero-order valence-electron chi connectivity index (χ0n) is 13.4. The summed E-state index contributed by atoms with van der Waals surface area (Å²) in [6, 6.07) is 11.2. The van der Waals surface area contributed by atoms with E-state index in [0.717, 1.165) is 21.7 Å². The lowest BCUT2D eigenvalue weighted by molar-refractivity contribution is 0.0979. The highest BCUT2D eigenvalue weighted by Crippen LogP contribution is 2.26. The van der Waals surface area contributed by atoms with E-state index >= 15 is 0 Å². The molecule has 3 rings (SSSR count). The van der Waals surface area contributed by atoms with Gasteiger partial charge in [0.05, 0.1) is 6.54 Å². The third kappa shape index (κ3) is 3.99. The number of hydrogen-bond donors (Lipinski definition) is 2. The normalized spacial score (nSPS) is 10.6. The molecule has 0 radical (unpaired) electrons. The molecule has 1 aromatic heterocycles. The highest BCUT2D eigenvalue weighted by molar-refractivity contribution is 9.10. The van der Waals surface area contributed by atoms with Crippen LogP contribution >= 0.6 is 28.1 Å². The van der Waals surface area contributed by atoms with Gasteiger partial charge in [0.25, 0.3) is 11.9 Å². The summed E-state index contributed by atoms with van der Waals surface area (Å²) < 4.78 is 0.928. The van der Waals surface area contributed by atoms with Crippen molar-refractivity contribution in [1.29, 1.82) is 0 Å². The average molecular weight is 419 g/mol. The van der Waals surface area contributed by atoms with Gasteiger partial charge in [-0.25, -0.2) is 0 Å². The number of anilines is 1. The Bertz CT molecular complexity index is 941. The van der Waals surface area contributed by atoms with Gasteiger partial charge in [0.15, 0.2) is 5.11 Å². The quantitative estimate of drug-likeness (QED) is 0.633. The molecule has 128 valence electrons. The number of hydrogen-bond acceptors (Lipinski definition) is 5. The number of aryl methyl sites for hydroxylation is 1. The number of nitrogens with one attached hydrogen (secondary N) is 2. The van der Waals surface area contributed by atoms with Crippen molar-refractivity contribution in [3.63, 3.8) is 0 Å². The number of fused-ring (bicyclic) bond motifs is 1. The molecule has 2 aromatic carbocycles. The standard InChI is InChI=1S/C16H15BrN6OS/c1-2-9-23-21-15(20-22-23)19-16(25)18-14(24)12-7-3-6-11-10(12)5-4-8-13(11)17/h3-8H,2,9H2,1H3,(H2,18,19,21,24,25). The minimum atomic E-state index is -0.304. The molecule has 0 aliphatic carbocycles. The smallest absolute Gasteiger partial charge is 0.269 e. The van der Waals surface area contributed by atoms with E-state index in [1.165, 1.54) is 4.80 Å². The molecule has 1 heterocycles. The van der Waals surface area contributed by atoms with Gasteiger partial charge in [0, 0.05) is 10.0 Å². The topological polar surface area (TPSA) is 84.7 Å². The minimum Gasteiger partial charge on any atom is -0.299 e. The Labute approximate surface area is 157 Å². The number of carbonyl (C=O) groups excluding carboxylic acids is 1. The first kappa shape index (κ1) is 17.4. The van der Waals surface area contributed by atoms with Crippen LogP contribution < -0.4 is 10.6 Å². The number of benzene rings is 2. The lowest BCUT2D eigenvalue weighted by Gasteiger charge is -2.09. The van der Waals surface area contributed by atoms with Crippen LogP contribution in [-0.2, 0) is 6.54 Å². The molecule has 0 saturated heterocycles. The molecule has 0 bridgehead atoms.